The van der Waals surface area contributed by atoms with Gasteiger partial charge in [0.05, 0.1) is 0 Å². The van der Waals surface area contributed by atoms with Crippen LogP contribution in [0.15, 0.2) is 12.7 Å². The molecule has 0 saturated carbocycles. The molecule has 0 saturated heterocycles. The second-order valence-electron chi connectivity index (χ2n) is 9.36. The van der Waals surface area contributed by atoms with E-state index >= 15 is 0 Å². The number of rotatable bonds is 2. The molecule has 0 rings (SSSR count). The molecule has 19 heavy (non-hydrogen) atoms. The first kappa shape index (κ1) is 23.8. The molecular formula is C19H42. The lowest BCUT2D eigenvalue weighted by Crippen LogP contribution is -2.02. The number of hydrogen-bond donors (Lipinski definition) is 0. The molecule has 0 aliphatic carbocycles. The summed E-state index contributed by atoms with van der Waals surface area (Å²) in [5.74, 6) is 0. The minimum atomic E-state index is 0.432. The third-order valence-electron chi connectivity index (χ3n) is 1.76. The number of allylic oxidation sites excluding steroid dienone is 1. The van der Waals surface area contributed by atoms with Crippen LogP contribution >= 0.6 is 0 Å². The van der Waals surface area contributed by atoms with E-state index < -0.39 is 0 Å². The highest BCUT2D eigenvalue weighted by Gasteiger charge is 2.06. The van der Waals surface area contributed by atoms with E-state index in [4.69, 9.17) is 0 Å². The summed E-state index contributed by atoms with van der Waals surface area (Å²) in [6.45, 7) is 28.1. The zero-order valence-corrected chi connectivity index (χ0v) is 15.9. The normalized spacial score (nSPS) is 11.7. The molecule has 0 fully saturated rings. The van der Waals surface area contributed by atoms with Crippen LogP contribution in [0.3, 0.4) is 0 Å². The fraction of sp³-hybridized carbons (Fsp3) is 0.895. The third-order valence-corrected chi connectivity index (χ3v) is 1.76. The van der Waals surface area contributed by atoms with E-state index in [9.17, 15) is 0 Å². The largest absolute Gasteiger partial charge is 0.103 e. The van der Waals surface area contributed by atoms with E-state index in [1.807, 2.05) is 6.08 Å². The van der Waals surface area contributed by atoms with Crippen LogP contribution in [-0.2, 0) is 0 Å². The lowest BCUT2D eigenvalue weighted by atomic mass is 9.91. The summed E-state index contributed by atoms with van der Waals surface area (Å²) >= 11 is 0. The van der Waals surface area contributed by atoms with E-state index in [-0.39, 0.29) is 0 Å². The van der Waals surface area contributed by atoms with Crippen LogP contribution in [0.5, 0.6) is 0 Å². The second kappa shape index (κ2) is 10.5. The summed E-state index contributed by atoms with van der Waals surface area (Å²) < 4.78 is 0. The van der Waals surface area contributed by atoms with Crippen LogP contribution in [0.25, 0.3) is 0 Å². The highest BCUT2D eigenvalue weighted by molar-refractivity contribution is 4.75. The highest BCUT2D eigenvalue weighted by atomic mass is 14.1. The van der Waals surface area contributed by atoms with Crippen LogP contribution in [0.2, 0.25) is 0 Å². The van der Waals surface area contributed by atoms with E-state index in [1.54, 1.807) is 0 Å². The molecule has 0 spiro atoms. The minimum absolute atomic E-state index is 0.432. The molecule has 0 heterocycles. The molecule has 0 bridgehead atoms. The zero-order valence-electron chi connectivity index (χ0n) is 15.9. The van der Waals surface area contributed by atoms with Crippen LogP contribution in [0.1, 0.15) is 95.4 Å². The van der Waals surface area contributed by atoms with Crippen molar-refractivity contribution in [1.82, 2.24) is 0 Å². The van der Waals surface area contributed by atoms with Gasteiger partial charge in [0.25, 0.3) is 0 Å². The van der Waals surface area contributed by atoms with E-state index in [2.05, 4.69) is 82.7 Å². The van der Waals surface area contributed by atoms with Gasteiger partial charge < -0.3 is 0 Å². The molecule has 0 aromatic heterocycles. The second-order valence-corrected chi connectivity index (χ2v) is 9.36. The van der Waals surface area contributed by atoms with Crippen molar-refractivity contribution in [2.45, 2.75) is 95.4 Å². The van der Waals surface area contributed by atoms with Gasteiger partial charge in [0.2, 0.25) is 0 Å². The Kier molecular flexibility index (Phi) is 13.2. The van der Waals surface area contributed by atoms with E-state index in [1.165, 1.54) is 12.8 Å². The zero-order chi connectivity index (χ0) is 16.3. The highest BCUT2D eigenvalue weighted by Crippen LogP contribution is 2.19. The summed E-state index contributed by atoms with van der Waals surface area (Å²) in [5.41, 5.74) is 1.48. The Morgan fingerprint density at radius 1 is 0.737 bits per heavy atom. The van der Waals surface area contributed by atoms with Gasteiger partial charge >= 0.3 is 0 Å². The van der Waals surface area contributed by atoms with Crippen molar-refractivity contribution in [3.63, 3.8) is 0 Å². The molecule has 0 aliphatic rings. The van der Waals surface area contributed by atoms with Gasteiger partial charge in [-0.05, 0) is 29.1 Å². The summed E-state index contributed by atoms with van der Waals surface area (Å²) in [7, 11) is 0. The predicted molar refractivity (Wildman–Crippen MR) is 93.8 cm³/mol. The maximum Gasteiger partial charge on any atom is -0.0304 e. The van der Waals surface area contributed by atoms with Crippen molar-refractivity contribution >= 4 is 0 Å². The molecule has 0 aromatic carbocycles. The Hall–Kier alpha value is -0.260. The Labute approximate surface area is 125 Å². The van der Waals surface area contributed by atoms with Gasteiger partial charge in [-0.2, -0.15) is 0 Å². The number of hydrogen-bond acceptors (Lipinski definition) is 0. The molecule has 0 atom stereocenters. The van der Waals surface area contributed by atoms with Crippen LogP contribution < -0.4 is 0 Å². The van der Waals surface area contributed by atoms with Crippen molar-refractivity contribution in [1.29, 1.82) is 0 Å². The van der Waals surface area contributed by atoms with Crippen molar-refractivity contribution in [2.75, 3.05) is 0 Å². The molecule has 118 valence electrons. The van der Waals surface area contributed by atoms with Gasteiger partial charge in [0.1, 0.15) is 0 Å². The van der Waals surface area contributed by atoms with Crippen molar-refractivity contribution in [2.24, 2.45) is 16.2 Å². The summed E-state index contributed by atoms with van der Waals surface area (Å²) in [5, 5.41) is 0. The average molecular weight is 271 g/mol. The van der Waals surface area contributed by atoms with Gasteiger partial charge in [-0.25, -0.2) is 0 Å². The fourth-order valence-corrected chi connectivity index (χ4v) is 1.18. The summed E-state index contributed by atoms with van der Waals surface area (Å²) in [6, 6.07) is 0. The fourth-order valence-electron chi connectivity index (χ4n) is 1.18. The molecule has 0 unspecified atom stereocenters. The molecule has 0 aliphatic heterocycles. The first-order chi connectivity index (χ1) is 8.12. The van der Waals surface area contributed by atoms with Gasteiger partial charge in [-0.15, -0.1) is 6.58 Å². The standard InChI is InChI=1S/C7H16.C7H14.C5H12/c2*1-5-6-7(2,3)4;1-5(2,3)4/h5-6H2,1-4H3;5H,1,6H2,2-4H3;1-4H3. The Balaban J connectivity index is -0.000000206. The third kappa shape index (κ3) is 73.4. The van der Waals surface area contributed by atoms with Gasteiger partial charge in [0, 0.05) is 0 Å². The van der Waals surface area contributed by atoms with Crippen LogP contribution in [0.4, 0.5) is 0 Å². The van der Waals surface area contributed by atoms with Crippen LogP contribution in [0, 0.1) is 16.2 Å². The van der Waals surface area contributed by atoms with Crippen molar-refractivity contribution in [3.8, 4) is 0 Å². The van der Waals surface area contributed by atoms with Crippen molar-refractivity contribution < 1.29 is 0 Å². The Morgan fingerprint density at radius 2 is 1.05 bits per heavy atom. The van der Waals surface area contributed by atoms with Crippen LogP contribution in [-0.4, -0.2) is 0 Å². The lowest BCUT2D eigenvalue weighted by Gasteiger charge is -2.15. The van der Waals surface area contributed by atoms with Gasteiger partial charge in [-0.1, -0.05) is 88.7 Å². The first-order valence-corrected chi connectivity index (χ1v) is 7.73. The maximum atomic E-state index is 3.65. The average Bonchev–Trinajstić information content (AvgIpc) is 1.95. The Bertz CT molecular complexity index is 184. The monoisotopic (exact) mass is 270 g/mol. The smallest absolute Gasteiger partial charge is 0.0304 e. The van der Waals surface area contributed by atoms with Gasteiger partial charge in [0.15, 0.2) is 0 Å². The van der Waals surface area contributed by atoms with E-state index in [0.29, 0.717) is 16.2 Å². The molecule has 0 amide bonds. The van der Waals surface area contributed by atoms with Gasteiger partial charge in [-0.3, -0.25) is 0 Å². The predicted octanol–water partition coefficient (Wildman–Crippen LogP) is 7.49. The molecule has 0 radical (unpaired) electrons. The van der Waals surface area contributed by atoms with E-state index in [0.717, 1.165) is 6.42 Å². The molecule has 0 heteroatoms. The summed E-state index contributed by atoms with van der Waals surface area (Å²) in [4.78, 5) is 0. The summed E-state index contributed by atoms with van der Waals surface area (Å²) in [6.07, 6.45) is 5.71. The maximum absolute atomic E-state index is 3.65. The lowest BCUT2D eigenvalue weighted by molar-refractivity contribution is 0.373. The SMILES string of the molecule is C=CCC(C)(C)C.CC(C)(C)C.CCCC(C)(C)C. The topological polar surface area (TPSA) is 0 Å². The molecular weight excluding hydrogens is 228 g/mol. The molecule has 0 nitrogen and oxygen atoms in total. The molecule has 0 N–H and O–H groups in total. The minimum Gasteiger partial charge on any atom is -0.103 e. The Morgan fingerprint density at radius 3 is 1.05 bits per heavy atom. The van der Waals surface area contributed by atoms with Crippen molar-refractivity contribution in [3.05, 3.63) is 12.7 Å². The molecule has 0 aromatic rings. The first-order valence-electron chi connectivity index (χ1n) is 7.73. The quantitative estimate of drug-likeness (QED) is 0.456.